The minimum Gasteiger partial charge on any atom is -0.394 e. The van der Waals surface area contributed by atoms with Gasteiger partial charge in [0, 0.05) is 30.4 Å². The van der Waals surface area contributed by atoms with Crippen molar-refractivity contribution >= 4 is 5.95 Å². The summed E-state index contributed by atoms with van der Waals surface area (Å²) in [5.74, 6) is 1.31. The predicted molar refractivity (Wildman–Crippen MR) is 112 cm³/mol. The second-order valence-corrected chi connectivity index (χ2v) is 7.86. The van der Waals surface area contributed by atoms with E-state index in [1.165, 1.54) is 0 Å². The van der Waals surface area contributed by atoms with Gasteiger partial charge in [0.2, 0.25) is 5.95 Å². The van der Waals surface area contributed by atoms with Crippen molar-refractivity contribution in [2.75, 3.05) is 12.3 Å². The van der Waals surface area contributed by atoms with E-state index in [9.17, 15) is 5.11 Å². The van der Waals surface area contributed by atoms with E-state index < -0.39 is 0 Å². The first-order chi connectivity index (χ1) is 15.1. The fourth-order valence-electron chi connectivity index (χ4n) is 3.80. The van der Waals surface area contributed by atoms with Gasteiger partial charge in [-0.05, 0) is 31.4 Å². The van der Waals surface area contributed by atoms with E-state index in [0.717, 1.165) is 41.6 Å². The van der Waals surface area contributed by atoms with Gasteiger partial charge >= 0.3 is 0 Å². The number of anilines is 1. The maximum Gasteiger partial charge on any atom is 0.261 e. The lowest BCUT2D eigenvalue weighted by molar-refractivity contribution is 0.230. The maximum absolute atomic E-state index is 9.32. The van der Waals surface area contributed by atoms with Crippen LogP contribution < -0.4 is 5.73 Å². The SMILES string of the molecule is CC(CO)n1cc(-c2nc(C3(c4ccc(-c5cnc(N)nc5)nc4)CCC3)no2)cn1. The molecule has 158 valence electrons. The highest BCUT2D eigenvalue weighted by Crippen LogP contribution is 2.48. The van der Waals surface area contributed by atoms with Crippen molar-refractivity contribution in [3.05, 3.63) is 54.5 Å². The third-order valence-corrected chi connectivity index (χ3v) is 5.91. The number of rotatable bonds is 6. The molecular weight excluding hydrogens is 396 g/mol. The molecule has 0 saturated heterocycles. The summed E-state index contributed by atoms with van der Waals surface area (Å²) in [7, 11) is 0. The molecule has 1 aliphatic rings. The minimum atomic E-state index is -0.306. The molecule has 4 aromatic rings. The number of hydrogen-bond acceptors (Lipinski definition) is 9. The zero-order valence-corrected chi connectivity index (χ0v) is 17.0. The van der Waals surface area contributed by atoms with Crippen molar-refractivity contribution in [1.29, 1.82) is 0 Å². The van der Waals surface area contributed by atoms with E-state index in [1.54, 1.807) is 29.5 Å². The molecule has 0 radical (unpaired) electrons. The molecule has 3 N–H and O–H groups in total. The van der Waals surface area contributed by atoms with Crippen LogP contribution in [0.4, 0.5) is 5.95 Å². The zero-order chi connectivity index (χ0) is 21.4. The molecule has 5 rings (SSSR count). The number of aliphatic hydroxyl groups excluding tert-OH is 1. The van der Waals surface area contributed by atoms with Gasteiger partial charge in [-0.3, -0.25) is 9.67 Å². The molecule has 0 aliphatic heterocycles. The Morgan fingerprint density at radius 1 is 1.13 bits per heavy atom. The predicted octanol–water partition coefficient (Wildman–Crippen LogP) is 2.39. The highest BCUT2D eigenvalue weighted by molar-refractivity contribution is 5.58. The first-order valence-corrected chi connectivity index (χ1v) is 10.1. The van der Waals surface area contributed by atoms with Crippen LogP contribution in [0, 0.1) is 0 Å². The smallest absolute Gasteiger partial charge is 0.261 e. The van der Waals surface area contributed by atoms with E-state index in [-0.39, 0.29) is 24.0 Å². The maximum atomic E-state index is 9.32. The van der Waals surface area contributed by atoms with E-state index in [0.29, 0.717) is 11.7 Å². The Labute approximate surface area is 178 Å². The van der Waals surface area contributed by atoms with Gasteiger partial charge < -0.3 is 15.4 Å². The fraction of sp³-hybridized carbons (Fsp3) is 0.333. The van der Waals surface area contributed by atoms with Crippen LogP contribution in [0.1, 0.15) is 43.6 Å². The van der Waals surface area contributed by atoms with Gasteiger partial charge in [-0.15, -0.1) is 0 Å². The number of aliphatic hydroxyl groups is 1. The monoisotopic (exact) mass is 418 g/mol. The van der Waals surface area contributed by atoms with Crippen molar-refractivity contribution in [2.24, 2.45) is 0 Å². The highest BCUT2D eigenvalue weighted by atomic mass is 16.5. The van der Waals surface area contributed by atoms with E-state index in [1.807, 2.05) is 19.2 Å². The summed E-state index contributed by atoms with van der Waals surface area (Å²) in [6.07, 6.45) is 11.6. The van der Waals surface area contributed by atoms with Crippen molar-refractivity contribution < 1.29 is 9.63 Å². The van der Waals surface area contributed by atoms with Gasteiger partial charge in [0.05, 0.1) is 35.5 Å². The van der Waals surface area contributed by atoms with Crippen LogP contribution in [-0.4, -0.2) is 46.6 Å². The molecule has 0 spiro atoms. The summed E-state index contributed by atoms with van der Waals surface area (Å²) in [5, 5.41) is 17.9. The van der Waals surface area contributed by atoms with Gasteiger partial charge in [0.1, 0.15) is 0 Å². The molecule has 10 heteroatoms. The molecule has 31 heavy (non-hydrogen) atoms. The van der Waals surface area contributed by atoms with E-state index in [4.69, 9.17) is 10.3 Å². The van der Waals surface area contributed by atoms with Crippen molar-refractivity contribution in [3.8, 4) is 22.7 Å². The zero-order valence-electron chi connectivity index (χ0n) is 17.0. The molecule has 4 heterocycles. The third kappa shape index (κ3) is 3.34. The summed E-state index contributed by atoms with van der Waals surface area (Å²) in [5.41, 5.74) is 8.61. The Bertz CT molecular complexity index is 1180. The molecule has 1 atom stereocenters. The number of nitrogens with zero attached hydrogens (tertiary/aromatic N) is 7. The van der Waals surface area contributed by atoms with Crippen LogP contribution >= 0.6 is 0 Å². The molecule has 4 aromatic heterocycles. The Morgan fingerprint density at radius 2 is 1.94 bits per heavy atom. The quantitative estimate of drug-likeness (QED) is 0.482. The number of hydrogen-bond donors (Lipinski definition) is 2. The third-order valence-electron chi connectivity index (χ3n) is 5.91. The number of nitrogen functional groups attached to an aromatic ring is 1. The first-order valence-electron chi connectivity index (χ1n) is 10.1. The second kappa shape index (κ2) is 7.55. The Balaban J connectivity index is 1.42. The molecule has 0 aromatic carbocycles. The molecular formula is C21H22N8O2. The summed E-state index contributed by atoms with van der Waals surface area (Å²) in [6.45, 7) is 1.89. The van der Waals surface area contributed by atoms with Gasteiger partial charge in [0.15, 0.2) is 5.82 Å². The minimum absolute atomic E-state index is 0.00476. The fourth-order valence-corrected chi connectivity index (χ4v) is 3.80. The standard InChI is InChI=1S/C21H22N8O2/c1-13(12-30)29-11-15(9-26-29)18-27-19(28-31-18)21(5-2-6-21)16-3-4-17(23-10-16)14-7-24-20(22)25-8-14/h3-4,7-11,13,30H,2,5-6,12H2,1H3,(H2,22,24,25). The van der Waals surface area contributed by atoms with Crippen LogP contribution in [0.5, 0.6) is 0 Å². The molecule has 10 nitrogen and oxygen atoms in total. The lowest BCUT2D eigenvalue weighted by Gasteiger charge is -2.39. The summed E-state index contributed by atoms with van der Waals surface area (Å²) >= 11 is 0. The van der Waals surface area contributed by atoms with E-state index in [2.05, 4.69) is 36.3 Å². The summed E-state index contributed by atoms with van der Waals surface area (Å²) < 4.78 is 7.24. The van der Waals surface area contributed by atoms with Crippen LogP contribution in [-0.2, 0) is 5.41 Å². The average Bonchev–Trinajstić information content (AvgIpc) is 3.44. The molecule has 1 saturated carbocycles. The average molecular weight is 418 g/mol. The van der Waals surface area contributed by atoms with Gasteiger partial charge in [0.25, 0.3) is 5.89 Å². The second-order valence-electron chi connectivity index (χ2n) is 7.86. The van der Waals surface area contributed by atoms with Crippen molar-refractivity contribution in [3.63, 3.8) is 0 Å². The van der Waals surface area contributed by atoms with Crippen molar-refractivity contribution in [2.45, 2.75) is 37.6 Å². The molecule has 1 aliphatic carbocycles. The lowest BCUT2D eigenvalue weighted by Crippen LogP contribution is -2.36. The normalized spacial score (nSPS) is 16.1. The van der Waals surface area contributed by atoms with Crippen LogP contribution in [0.15, 0.2) is 47.6 Å². The van der Waals surface area contributed by atoms with Gasteiger partial charge in [-0.1, -0.05) is 17.6 Å². The molecule has 1 unspecified atom stereocenters. The first kappa shape index (κ1) is 19.3. The van der Waals surface area contributed by atoms with Crippen LogP contribution in [0.25, 0.3) is 22.7 Å². The van der Waals surface area contributed by atoms with Crippen LogP contribution in [0.2, 0.25) is 0 Å². The largest absolute Gasteiger partial charge is 0.394 e. The highest BCUT2D eigenvalue weighted by Gasteiger charge is 2.45. The Kier molecular flexibility index (Phi) is 4.70. The number of aromatic nitrogens is 7. The summed E-state index contributed by atoms with van der Waals surface area (Å²) in [6, 6.07) is 3.88. The molecule has 0 amide bonds. The Hall–Kier alpha value is -3.66. The van der Waals surface area contributed by atoms with Crippen molar-refractivity contribution in [1.82, 2.24) is 34.9 Å². The molecule has 1 fully saturated rings. The summed E-state index contributed by atoms with van der Waals surface area (Å²) in [4.78, 5) is 17.3. The van der Waals surface area contributed by atoms with Gasteiger partial charge in [-0.2, -0.15) is 10.1 Å². The Morgan fingerprint density at radius 3 is 2.58 bits per heavy atom. The van der Waals surface area contributed by atoms with Gasteiger partial charge in [-0.25, -0.2) is 9.97 Å². The number of nitrogens with two attached hydrogens (primary N) is 1. The lowest BCUT2D eigenvalue weighted by atomic mass is 9.64. The topological polar surface area (TPSA) is 142 Å². The van der Waals surface area contributed by atoms with E-state index >= 15 is 0 Å². The van der Waals surface area contributed by atoms with Crippen LogP contribution in [0.3, 0.4) is 0 Å². The molecule has 0 bridgehead atoms. The number of pyridine rings is 1.